The van der Waals surface area contributed by atoms with Crippen LogP contribution in [0, 0.1) is 5.92 Å². The molecular weight excluding hydrogens is 186 g/mol. The molecule has 1 saturated heterocycles. The minimum absolute atomic E-state index is 0.249. The molecule has 0 saturated carbocycles. The van der Waals surface area contributed by atoms with E-state index in [0.717, 1.165) is 6.42 Å². The Morgan fingerprint density at radius 1 is 1.40 bits per heavy atom. The lowest BCUT2D eigenvalue weighted by Crippen LogP contribution is -2.37. The molecule has 88 valence electrons. The lowest BCUT2D eigenvalue weighted by molar-refractivity contribution is -0.122. The van der Waals surface area contributed by atoms with E-state index >= 15 is 0 Å². The van der Waals surface area contributed by atoms with Gasteiger partial charge in [-0.1, -0.05) is 13.8 Å². The third kappa shape index (κ3) is 3.30. The molecule has 0 aromatic heterocycles. The van der Waals surface area contributed by atoms with Crippen molar-refractivity contribution in [2.45, 2.75) is 65.5 Å². The van der Waals surface area contributed by atoms with Gasteiger partial charge in [-0.3, -0.25) is 9.69 Å². The molecule has 0 spiro atoms. The van der Waals surface area contributed by atoms with Gasteiger partial charge < -0.3 is 0 Å². The van der Waals surface area contributed by atoms with Gasteiger partial charge in [0.05, 0.1) is 0 Å². The van der Waals surface area contributed by atoms with Crippen molar-refractivity contribution in [3.63, 3.8) is 0 Å². The molecule has 0 aromatic carbocycles. The summed E-state index contributed by atoms with van der Waals surface area (Å²) in [5.41, 5.74) is 0. The molecule has 15 heavy (non-hydrogen) atoms. The fourth-order valence-electron chi connectivity index (χ4n) is 2.68. The Bertz CT molecular complexity index is 213. The van der Waals surface area contributed by atoms with E-state index in [-0.39, 0.29) is 5.92 Å². The van der Waals surface area contributed by atoms with Crippen molar-refractivity contribution in [3.05, 3.63) is 0 Å². The van der Waals surface area contributed by atoms with Crippen LogP contribution in [0.1, 0.15) is 53.4 Å². The Labute approximate surface area is 94.0 Å². The second kappa shape index (κ2) is 5.64. The summed E-state index contributed by atoms with van der Waals surface area (Å²) in [6, 6.07) is 1.27. The van der Waals surface area contributed by atoms with E-state index in [1.807, 2.05) is 6.92 Å². The molecule has 1 fully saturated rings. The summed E-state index contributed by atoms with van der Waals surface area (Å²) in [6.07, 6.45) is 4.33. The van der Waals surface area contributed by atoms with E-state index in [0.29, 0.717) is 24.3 Å². The molecule has 0 radical (unpaired) electrons. The normalized spacial score (nSPS) is 24.7. The van der Waals surface area contributed by atoms with Crippen molar-refractivity contribution >= 4 is 5.78 Å². The Morgan fingerprint density at radius 2 is 2.07 bits per heavy atom. The number of Topliss-reactive ketones (excluding diaryl/α,β-unsaturated/α-hetero) is 1. The maximum Gasteiger partial charge on any atom is 0.135 e. The molecule has 1 rings (SSSR count). The minimum Gasteiger partial charge on any atom is -0.299 e. The fraction of sp³-hybridized carbons (Fsp3) is 0.923. The summed E-state index contributed by atoms with van der Waals surface area (Å²) in [5, 5.41) is 0. The molecule has 0 bridgehead atoms. The SMILES string of the molecule is CCC(=O)[C@@H](C)C[C@@H]1CCCN1C(C)C. The van der Waals surface area contributed by atoms with E-state index in [2.05, 4.69) is 25.7 Å². The Morgan fingerprint density at radius 3 is 2.60 bits per heavy atom. The number of ketones is 1. The third-order valence-electron chi connectivity index (χ3n) is 3.61. The standard InChI is InChI=1S/C13H25NO/c1-5-13(15)11(4)9-12-7-6-8-14(12)10(2)3/h10-12H,5-9H2,1-4H3/t11-,12-/m0/s1. The second-order valence-corrected chi connectivity index (χ2v) is 5.08. The van der Waals surface area contributed by atoms with Crippen LogP contribution in [-0.4, -0.2) is 29.3 Å². The molecule has 1 aliphatic rings. The molecule has 1 aliphatic heterocycles. The first-order valence-corrected chi connectivity index (χ1v) is 6.34. The third-order valence-corrected chi connectivity index (χ3v) is 3.61. The smallest absolute Gasteiger partial charge is 0.135 e. The molecule has 0 unspecified atom stereocenters. The Hall–Kier alpha value is -0.370. The van der Waals surface area contributed by atoms with Crippen molar-refractivity contribution in [2.75, 3.05) is 6.54 Å². The van der Waals surface area contributed by atoms with E-state index in [1.54, 1.807) is 0 Å². The zero-order valence-corrected chi connectivity index (χ0v) is 10.6. The number of hydrogen-bond acceptors (Lipinski definition) is 2. The van der Waals surface area contributed by atoms with Crippen LogP contribution in [0.3, 0.4) is 0 Å². The molecular formula is C13H25NO. The molecule has 2 nitrogen and oxygen atoms in total. The lowest BCUT2D eigenvalue weighted by atomic mass is 9.94. The van der Waals surface area contributed by atoms with Crippen LogP contribution in [0.5, 0.6) is 0 Å². The van der Waals surface area contributed by atoms with E-state index in [9.17, 15) is 4.79 Å². The molecule has 0 aliphatic carbocycles. The van der Waals surface area contributed by atoms with Crippen molar-refractivity contribution in [1.29, 1.82) is 0 Å². The molecule has 2 heteroatoms. The van der Waals surface area contributed by atoms with Gasteiger partial charge in [-0.25, -0.2) is 0 Å². The lowest BCUT2D eigenvalue weighted by Gasteiger charge is -2.29. The van der Waals surface area contributed by atoms with Gasteiger partial charge in [0.1, 0.15) is 5.78 Å². The summed E-state index contributed by atoms with van der Waals surface area (Å²) >= 11 is 0. The zero-order chi connectivity index (χ0) is 11.4. The quantitative estimate of drug-likeness (QED) is 0.697. The maximum atomic E-state index is 11.6. The van der Waals surface area contributed by atoms with Gasteiger partial charge >= 0.3 is 0 Å². The van der Waals surface area contributed by atoms with Gasteiger partial charge in [0, 0.05) is 24.4 Å². The van der Waals surface area contributed by atoms with Gasteiger partial charge in [0.25, 0.3) is 0 Å². The number of carbonyl (C=O) groups is 1. The predicted molar refractivity (Wildman–Crippen MR) is 63.9 cm³/mol. The molecule has 1 heterocycles. The number of carbonyl (C=O) groups excluding carboxylic acids is 1. The Kier molecular flexibility index (Phi) is 4.78. The van der Waals surface area contributed by atoms with Crippen LogP contribution >= 0.6 is 0 Å². The van der Waals surface area contributed by atoms with Gasteiger partial charge in [-0.2, -0.15) is 0 Å². The number of nitrogens with zero attached hydrogens (tertiary/aromatic N) is 1. The first-order valence-electron chi connectivity index (χ1n) is 6.34. The Balaban J connectivity index is 2.46. The summed E-state index contributed by atoms with van der Waals surface area (Å²) in [6.45, 7) is 9.78. The second-order valence-electron chi connectivity index (χ2n) is 5.08. The van der Waals surface area contributed by atoms with Crippen LogP contribution in [0.25, 0.3) is 0 Å². The van der Waals surface area contributed by atoms with Crippen LogP contribution < -0.4 is 0 Å². The molecule has 0 amide bonds. The van der Waals surface area contributed by atoms with Gasteiger partial charge in [0.15, 0.2) is 0 Å². The van der Waals surface area contributed by atoms with Crippen LogP contribution in [0.15, 0.2) is 0 Å². The highest BCUT2D eigenvalue weighted by Gasteiger charge is 2.28. The largest absolute Gasteiger partial charge is 0.299 e. The van der Waals surface area contributed by atoms with E-state index < -0.39 is 0 Å². The summed E-state index contributed by atoms with van der Waals surface area (Å²) in [4.78, 5) is 14.1. The highest BCUT2D eigenvalue weighted by molar-refractivity contribution is 5.80. The fourth-order valence-corrected chi connectivity index (χ4v) is 2.68. The van der Waals surface area contributed by atoms with Crippen molar-refractivity contribution in [2.24, 2.45) is 5.92 Å². The zero-order valence-electron chi connectivity index (χ0n) is 10.6. The van der Waals surface area contributed by atoms with Gasteiger partial charge in [-0.15, -0.1) is 0 Å². The first kappa shape index (κ1) is 12.7. The predicted octanol–water partition coefficient (Wildman–Crippen LogP) is 2.86. The summed E-state index contributed by atoms with van der Waals surface area (Å²) in [7, 11) is 0. The summed E-state index contributed by atoms with van der Waals surface area (Å²) < 4.78 is 0. The highest BCUT2D eigenvalue weighted by Crippen LogP contribution is 2.25. The number of hydrogen-bond donors (Lipinski definition) is 0. The number of likely N-dealkylation sites (tertiary alicyclic amines) is 1. The molecule has 2 atom stereocenters. The monoisotopic (exact) mass is 211 g/mol. The minimum atomic E-state index is 0.249. The highest BCUT2D eigenvalue weighted by atomic mass is 16.1. The van der Waals surface area contributed by atoms with Crippen LogP contribution in [0.2, 0.25) is 0 Å². The van der Waals surface area contributed by atoms with Crippen molar-refractivity contribution < 1.29 is 4.79 Å². The van der Waals surface area contributed by atoms with Gasteiger partial charge in [0.2, 0.25) is 0 Å². The van der Waals surface area contributed by atoms with E-state index in [4.69, 9.17) is 0 Å². The van der Waals surface area contributed by atoms with Gasteiger partial charge in [-0.05, 0) is 39.7 Å². The van der Waals surface area contributed by atoms with Crippen molar-refractivity contribution in [1.82, 2.24) is 4.90 Å². The first-order chi connectivity index (χ1) is 7.06. The molecule has 0 N–H and O–H groups in total. The van der Waals surface area contributed by atoms with E-state index in [1.165, 1.54) is 19.4 Å². The van der Waals surface area contributed by atoms with Crippen molar-refractivity contribution in [3.8, 4) is 0 Å². The average molecular weight is 211 g/mol. The summed E-state index contributed by atoms with van der Waals surface area (Å²) in [5.74, 6) is 0.671. The molecule has 0 aromatic rings. The van der Waals surface area contributed by atoms with Crippen LogP contribution in [0.4, 0.5) is 0 Å². The van der Waals surface area contributed by atoms with Crippen LogP contribution in [-0.2, 0) is 4.79 Å². The topological polar surface area (TPSA) is 20.3 Å². The maximum absolute atomic E-state index is 11.6. The number of rotatable bonds is 5. The average Bonchev–Trinajstić information content (AvgIpc) is 2.64.